The molecule has 0 unspecified atom stereocenters. The van der Waals surface area contributed by atoms with Crippen LogP contribution in [0, 0.1) is 17.3 Å². The molecule has 2 fully saturated rings. The fourth-order valence-electron chi connectivity index (χ4n) is 5.83. The first-order valence-electron chi connectivity index (χ1n) is 11.7. The Kier molecular flexibility index (Phi) is 6.13. The van der Waals surface area contributed by atoms with Crippen molar-refractivity contribution in [3.05, 3.63) is 29.3 Å². The number of quaternary nitrogens is 1. The van der Waals surface area contributed by atoms with E-state index in [9.17, 15) is 4.79 Å². The highest BCUT2D eigenvalue weighted by Gasteiger charge is 2.54. The monoisotopic (exact) mass is 416 g/mol. The number of piperidine rings is 1. The van der Waals surface area contributed by atoms with E-state index in [-0.39, 0.29) is 23.1 Å². The van der Waals surface area contributed by atoms with Crippen LogP contribution in [0.1, 0.15) is 81.3 Å². The van der Waals surface area contributed by atoms with Crippen LogP contribution in [0.25, 0.3) is 0 Å². The predicted octanol–water partition coefficient (Wildman–Crippen LogP) is 3.87. The zero-order chi connectivity index (χ0) is 21.4. The Morgan fingerprint density at radius 2 is 2.20 bits per heavy atom. The molecule has 0 amide bonds. The number of benzene rings is 1. The van der Waals surface area contributed by atoms with Gasteiger partial charge in [0.25, 0.3) is 0 Å². The van der Waals surface area contributed by atoms with Crippen LogP contribution in [-0.4, -0.2) is 38.4 Å². The Morgan fingerprint density at radius 3 is 2.90 bits per heavy atom. The number of hydrogen-bond acceptors (Lipinski definition) is 4. The van der Waals surface area contributed by atoms with Gasteiger partial charge in [0.15, 0.2) is 0 Å². The van der Waals surface area contributed by atoms with Crippen molar-refractivity contribution in [2.24, 2.45) is 17.3 Å². The SMILES string of the molecule is COC(=O)c1ccc2c(c1)O[C@](C)(CCCC(C)C)[C@@H]1C[C@@]3(CCC[NH2+]C3)CO[C@@H]21. The summed E-state index contributed by atoms with van der Waals surface area (Å²) in [5.41, 5.74) is 1.61. The molecule has 1 aromatic rings. The summed E-state index contributed by atoms with van der Waals surface area (Å²) in [6.07, 6.45) is 7.07. The Bertz CT molecular complexity index is 770. The molecule has 4 atom stereocenters. The van der Waals surface area contributed by atoms with E-state index in [0.29, 0.717) is 17.4 Å². The van der Waals surface area contributed by atoms with E-state index >= 15 is 0 Å². The van der Waals surface area contributed by atoms with Crippen molar-refractivity contribution in [2.45, 2.75) is 71.0 Å². The van der Waals surface area contributed by atoms with Gasteiger partial charge in [0.05, 0.1) is 38.5 Å². The molecule has 0 aromatic heterocycles. The van der Waals surface area contributed by atoms with Gasteiger partial charge in [-0.3, -0.25) is 0 Å². The minimum atomic E-state index is -0.328. The van der Waals surface area contributed by atoms with Gasteiger partial charge in [0, 0.05) is 16.9 Å². The van der Waals surface area contributed by atoms with Gasteiger partial charge in [-0.2, -0.15) is 0 Å². The topological polar surface area (TPSA) is 61.4 Å². The van der Waals surface area contributed by atoms with Crippen molar-refractivity contribution < 1.29 is 24.3 Å². The fraction of sp³-hybridized carbons (Fsp3) is 0.720. The van der Waals surface area contributed by atoms with Crippen molar-refractivity contribution in [1.82, 2.24) is 0 Å². The fourth-order valence-corrected chi connectivity index (χ4v) is 5.83. The predicted molar refractivity (Wildman–Crippen MR) is 116 cm³/mol. The molecule has 3 aliphatic heterocycles. The first-order chi connectivity index (χ1) is 14.4. The van der Waals surface area contributed by atoms with Crippen LogP contribution >= 0.6 is 0 Å². The van der Waals surface area contributed by atoms with Gasteiger partial charge in [-0.1, -0.05) is 26.3 Å². The molecule has 1 spiro atoms. The second-order valence-corrected chi connectivity index (χ2v) is 10.4. The zero-order valence-corrected chi connectivity index (χ0v) is 19.0. The molecule has 0 bridgehead atoms. The lowest BCUT2D eigenvalue weighted by atomic mass is 9.64. The second kappa shape index (κ2) is 8.51. The summed E-state index contributed by atoms with van der Waals surface area (Å²) in [5, 5.41) is 2.46. The third-order valence-electron chi connectivity index (χ3n) is 7.60. The molecule has 5 heteroatoms. The Labute approximate surface area is 180 Å². The maximum Gasteiger partial charge on any atom is 0.337 e. The number of ether oxygens (including phenoxy) is 3. The lowest BCUT2D eigenvalue weighted by Gasteiger charge is -2.54. The average molecular weight is 417 g/mol. The van der Waals surface area contributed by atoms with E-state index in [1.54, 1.807) is 0 Å². The summed E-state index contributed by atoms with van der Waals surface area (Å²) >= 11 is 0. The molecule has 0 saturated carbocycles. The van der Waals surface area contributed by atoms with Crippen LogP contribution in [0.15, 0.2) is 18.2 Å². The third-order valence-corrected chi connectivity index (χ3v) is 7.60. The van der Waals surface area contributed by atoms with Gasteiger partial charge in [0.1, 0.15) is 11.4 Å². The van der Waals surface area contributed by atoms with Gasteiger partial charge >= 0.3 is 5.97 Å². The summed E-state index contributed by atoms with van der Waals surface area (Å²) in [6, 6.07) is 5.70. The maximum absolute atomic E-state index is 12.1. The van der Waals surface area contributed by atoms with E-state index < -0.39 is 0 Å². The van der Waals surface area contributed by atoms with Gasteiger partial charge in [-0.25, -0.2) is 4.79 Å². The van der Waals surface area contributed by atoms with Gasteiger partial charge < -0.3 is 19.5 Å². The van der Waals surface area contributed by atoms with Crippen LogP contribution in [0.4, 0.5) is 0 Å². The van der Waals surface area contributed by atoms with Crippen molar-refractivity contribution in [1.29, 1.82) is 0 Å². The molecule has 2 saturated heterocycles. The van der Waals surface area contributed by atoms with Gasteiger partial charge in [0.2, 0.25) is 0 Å². The average Bonchev–Trinajstić information content (AvgIpc) is 2.73. The van der Waals surface area contributed by atoms with E-state index in [1.807, 2.05) is 18.2 Å². The lowest BCUT2D eigenvalue weighted by molar-refractivity contribution is -0.678. The molecule has 3 heterocycles. The first kappa shape index (κ1) is 21.6. The first-order valence-corrected chi connectivity index (χ1v) is 11.7. The number of methoxy groups -OCH3 is 1. The van der Waals surface area contributed by atoms with Gasteiger partial charge in [-0.05, 0) is 57.1 Å². The van der Waals surface area contributed by atoms with Crippen LogP contribution < -0.4 is 10.1 Å². The van der Waals surface area contributed by atoms with Crippen LogP contribution in [0.2, 0.25) is 0 Å². The van der Waals surface area contributed by atoms with Crippen molar-refractivity contribution in [2.75, 3.05) is 26.8 Å². The smallest absolute Gasteiger partial charge is 0.337 e. The molecule has 4 rings (SSSR count). The lowest BCUT2D eigenvalue weighted by Crippen LogP contribution is -2.89. The highest BCUT2D eigenvalue weighted by Crippen LogP contribution is 2.55. The molecule has 2 N–H and O–H groups in total. The van der Waals surface area contributed by atoms with Crippen molar-refractivity contribution >= 4 is 5.97 Å². The van der Waals surface area contributed by atoms with Gasteiger partial charge in [-0.15, -0.1) is 0 Å². The minimum absolute atomic E-state index is 0.0389. The van der Waals surface area contributed by atoms with Crippen LogP contribution in [-0.2, 0) is 9.47 Å². The van der Waals surface area contributed by atoms with E-state index in [2.05, 4.69) is 26.1 Å². The Hall–Kier alpha value is -1.59. The molecule has 5 nitrogen and oxygen atoms in total. The number of carbonyl (C=O) groups is 1. The summed E-state index contributed by atoms with van der Waals surface area (Å²) in [7, 11) is 1.42. The Balaban J connectivity index is 1.66. The maximum atomic E-state index is 12.1. The molecular formula is C25H38NO4+. The highest BCUT2D eigenvalue weighted by atomic mass is 16.5. The summed E-state index contributed by atoms with van der Waals surface area (Å²) in [4.78, 5) is 12.1. The third kappa shape index (κ3) is 4.11. The number of carbonyl (C=O) groups excluding carboxylic acids is 1. The highest BCUT2D eigenvalue weighted by molar-refractivity contribution is 5.90. The second-order valence-electron chi connectivity index (χ2n) is 10.4. The molecule has 30 heavy (non-hydrogen) atoms. The summed E-state index contributed by atoms with van der Waals surface area (Å²) in [5.74, 6) is 1.48. The Morgan fingerprint density at radius 1 is 1.37 bits per heavy atom. The molecule has 166 valence electrons. The number of fused-ring (bicyclic) bond motifs is 3. The van der Waals surface area contributed by atoms with Crippen molar-refractivity contribution in [3.63, 3.8) is 0 Å². The van der Waals surface area contributed by atoms with Crippen molar-refractivity contribution in [3.8, 4) is 5.75 Å². The van der Waals surface area contributed by atoms with E-state index in [1.165, 1.54) is 32.9 Å². The number of rotatable bonds is 5. The summed E-state index contributed by atoms with van der Waals surface area (Å²) in [6.45, 7) is 10.0. The molecule has 0 aliphatic carbocycles. The van der Waals surface area contributed by atoms with E-state index in [0.717, 1.165) is 43.7 Å². The zero-order valence-electron chi connectivity index (χ0n) is 19.0. The molecule has 0 radical (unpaired) electrons. The molecule has 1 aromatic carbocycles. The standard InChI is InChI=1S/C25H37NO4/c1-17(2)7-5-10-24(3)20-14-25(11-6-12-26-15-25)16-29-22(20)19-9-8-18(23(27)28-4)13-21(19)30-24/h8-9,13,17,20,22,26H,5-7,10-12,14-16H2,1-4H3/p+1/t20-,22+,24-,25-/m1/s1. The summed E-state index contributed by atoms with van der Waals surface area (Å²) < 4.78 is 18.3. The minimum Gasteiger partial charge on any atom is -0.487 e. The number of esters is 1. The largest absolute Gasteiger partial charge is 0.487 e. The quantitative estimate of drug-likeness (QED) is 0.740. The molecule has 3 aliphatic rings. The van der Waals surface area contributed by atoms with Crippen LogP contribution in [0.3, 0.4) is 0 Å². The number of nitrogens with two attached hydrogens (primary N) is 1. The molecular weight excluding hydrogens is 378 g/mol. The van der Waals surface area contributed by atoms with Crippen LogP contribution in [0.5, 0.6) is 5.75 Å². The van der Waals surface area contributed by atoms with E-state index in [4.69, 9.17) is 14.2 Å². The normalized spacial score (nSPS) is 33.0. The number of hydrogen-bond donors (Lipinski definition) is 1.